The average Bonchev–Trinajstić information content (AvgIpc) is 2.73. The van der Waals surface area contributed by atoms with Crippen LogP contribution < -0.4 is 0 Å². The normalized spacial score (nSPS) is 18.5. The third-order valence-corrected chi connectivity index (χ3v) is 6.98. The van der Waals surface area contributed by atoms with Crippen LogP contribution in [0.3, 0.4) is 0 Å². The SMILES string of the molecule is O=C(Cc1ccc(F)cc1)N1CCC2(CC1)CC(c1ccnc3ccc(F)cc13)C2. The van der Waals surface area contributed by atoms with Crippen LogP contribution >= 0.6 is 0 Å². The summed E-state index contributed by atoms with van der Waals surface area (Å²) in [6.45, 7) is 1.55. The van der Waals surface area contributed by atoms with Gasteiger partial charge >= 0.3 is 0 Å². The van der Waals surface area contributed by atoms with Crippen LogP contribution in [0, 0.1) is 17.0 Å². The lowest BCUT2D eigenvalue weighted by Gasteiger charge is -2.52. The minimum Gasteiger partial charge on any atom is -0.342 e. The lowest BCUT2D eigenvalue weighted by molar-refractivity contribution is -0.134. The number of aromatic nitrogens is 1. The van der Waals surface area contributed by atoms with Crippen molar-refractivity contribution in [1.29, 1.82) is 0 Å². The second-order valence-electron chi connectivity index (χ2n) is 8.85. The van der Waals surface area contributed by atoms with Gasteiger partial charge in [0, 0.05) is 24.7 Å². The smallest absolute Gasteiger partial charge is 0.226 e. The molecule has 2 heterocycles. The predicted octanol–water partition coefficient (Wildman–Crippen LogP) is 5.24. The summed E-state index contributed by atoms with van der Waals surface area (Å²) >= 11 is 0. The molecular formula is C25H24F2N2O. The second kappa shape index (κ2) is 7.46. The Bertz CT molecular complexity index is 1080. The number of likely N-dealkylation sites (tertiary alicyclic amines) is 1. The fraction of sp³-hybridized carbons (Fsp3) is 0.360. The highest BCUT2D eigenvalue weighted by atomic mass is 19.1. The van der Waals surface area contributed by atoms with E-state index < -0.39 is 0 Å². The maximum atomic E-state index is 13.8. The van der Waals surface area contributed by atoms with Gasteiger partial charge in [0.05, 0.1) is 11.9 Å². The molecule has 2 aliphatic rings. The number of fused-ring (bicyclic) bond motifs is 1. The van der Waals surface area contributed by atoms with Gasteiger partial charge in [-0.1, -0.05) is 12.1 Å². The monoisotopic (exact) mass is 406 g/mol. The van der Waals surface area contributed by atoms with Crippen molar-refractivity contribution in [3.05, 3.63) is 77.5 Å². The van der Waals surface area contributed by atoms with Crippen LogP contribution in [-0.4, -0.2) is 28.9 Å². The van der Waals surface area contributed by atoms with Gasteiger partial charge in [0.1, 0.15) is 11.6 Å². The summed E-state index contributed by atoms with van der Waals surface area (Å²) in [4.78, 5) is 18.9. The van der Waals surface area contributed by atoms with Crippen LogP contribution in [0.5, 0.6) is 0 Å². The maximum absolute atomic E-state index is 13.8. The highest BCUT2D eigenvalue weighted by molar-refractivity contribution is 5.82. The van der Waals surface area contributed by atoms with Crippen LogP contribution in [-0.2, 0) is 11.2 Å². The quantitative estimate of drug-likeness (QED) is 0.596. The zero-order chi connectivity index (χ0) is 20.7. The molecule has 3 aromatic rings. The van der Waals surface area contributed by atoms with Crippen molar-refractivity contribution in [3.63, 3.8) is 0 Å². The molecule has 0 N–H and O–H groups in total. The molecule has 1 spiro atoms. The van der Waals surface area contributed by atoms with Gasteiger partial charge in [0.25, 0.3) is 0 Å². The first-order chi connectivity index (χ1) is 14.5. The van der Waals surface area contributed by atoms with Crippen molar-refractivity contribution in [2.24, 2.45) is 5.41 Å². The minimum absolute atomic E-state index is 0.114. The fourth-order valence-corrected chi connectivity index (χ4v) is 5.23. The van der Waals surface area contributed by atoms with E-state index in [1.165, 1.54) is 23.8 Å². The molecule has 154 valence electrons. The number of piperidine rings is 1. The third kappa shape index (κ3) is 3.57. The molecular weight excluding hydrogens is 382 g/mol. The van der Waals surface area contributed by atoms with Crippen LogP contribution in [0.25, 0.3) is 10.9 Å². The van der Waals surface area contributed by atoms with Crippen molar-refractivity contribution in [2.45, 2.75) is 38.0 Å². The summed E-state index contributed by atoms with van der Waals surface area (Å²) in [6, 6.07) is 13.0. The molecule has 5 rings (SSSR count). The Morgan fingerprint density at radius 2 is 1.70 bits per heavy atom. The molecule has 1 saturated heterocycles. The standard InChI is InChI=1S/C25H24F2N2O/c26-19-3-1-17(2-4-19)13-24(30)29-11-8-25(9-12-29)15-18(16-25)21-7-10-28-23-6-5-20(27)14-22(21)23/h1-7,10,14,18H,8-9,11-13,15-16H2. The number of nitrogens with zero attached hydrogens (tertiary/aromatic N) is 2. The molecule has 1 aromatic heterocycles. The van der Waals surface area contributed by atoms with Gasteiger partial charge < -0.3 is 4.90 Å². The van der Waals surface area contributed by atoms with Gasteiger partial charge in [-0.25, -0.2) is 8.78 Å². The summed E-state index contributed by atoms with van der Waals surface area (Å²) in [6.07, 6.45) is 6.33. The number of amides is 1. The van der Waals surface area contributed by atoms with Crippen molar-refractivity contribution in [1.82, 2.24) is 9.88 Å². The van der Waals surface area contributed by atoms with Gasteiger partial charge in [0.2, 0.25) is 5.91 Å². The molecule has 30 heavy (non-hydrogen) atoms. The Hall–Kier alpha value is -2.82. The van der Waals surface area contributed by atoms with E-state index in [2.05, 4.69) is 4.98 Å². The Labute approximate surface area is 174 Å². The fourth-order valence-electron chi connectivity index (χ4n) is 5.23. The molecule has 5 heteroatoms. The Morgan fingerprint density at radius 1 is 1.00 bits per heavy atom. The summed E-state index contributed by atoms with van der Waals surface area (Å²) < 4.78 is 26.8. The van der Waals surface area contributed by atoms with Crippen LogP contribution in [0.1, 0.15) is 42.7 Å². The van der Waals surface area contributed by atoms with Crippen molar-refractivity contribution >= 4 is 16.8 Å². The molecule has 0 atom stereocenters. The molecule has 0 radical (unpaired) electrons. The first kappa shape index (κ1) is 19.2. The van der Waals surface area contributed by atoms with Gasteiger partial charge in [-0.05, 0) is 84.5 Å². The first-order valence-electron chi connectivity index (χ1n) is 10.6. The number of hydrogen-bond donors (Lipinski definition) is 0. The second-order valence-corrected chi connectivity index (χ2v) is 8.85. The first-order valence-corrected chi connectivity index (χ1v) is 10.6. The Morgan fingerprint density at radius 3 is 2.43 bits per heavy atom. The van der Waals surface area contributed by atoms with E-state index in [4.69, 9.17) is 0 Å². The number of halogens is 2. The van der Waals surface area contributed by atoms with Crippen molar-refractivity contribution in [3.8, 4) is 0 Å². The molecule has 3 nitrogen and oxygen atoms in total. The van der Waals surface area contributed by atoms with E-state index in [1.807, 2.05) is 17.2 Å². The maximum Gasteiger partial charge on any atom is 0.226 e. The summed E-state index contributed by atoms with van der Waals surface area (Å²) in [5.41, 5.74) is 3.18. The van der Waals surface area contributed by atoms with E-state index in [1.54, 1.807) is 24.3 Å². The highest BCUT2D eigenvalue weighted by Gasteiger charge is 2.47. The van der Waals surface area contributed by atoms with Crippen LogP contribution in [0.4, 0.5) is 8.78 Å². The predicted molar refractivity (Wildman–Crippen MR) is 112 cm³/mol. The molecule has 2 aromatic carbocycles. The van der Waals surface area contributed by atoms with E-state index in [9.17, 15) is 13.6 Å². The molecule has 0 bridgehead atoms. The topological polar surface area (TPSA) is 33.2 Å². The zero-order valence-electron chi connectivity index (χ0n) is 16.8. The molecule has 1 aliphatic heterocycles. The molecule has 1 saturated carbocycles. The third-order valence-electron chi connectivity index (χ3n) is 6.98. The van der Waals surface area contributed by atoms with E-state index in [-0.39, 0.29) is 17.5 Å². The number of hydrogen-bond acceptors (Lipinski definition) is 2. The molecule has 0 unspecified atom stereocenters. The van der Waals surface area contributed by atoms with Crippen LogP contribution in [0.15, 0.2) is 54.7 Å². The molecule has 1 aliphatic carbocycles. The zero-order valence-corrected chi connectivity index (χ0v) is 16.8. The largest absolute Gasteiger partial charge is 0.342 e. The summed E-state index contributed by atoms with van der Waals surface area (Å²) in [5.74, 6) is 0.0378. The van der Waals surface area contributed by atoms with Crippen molar-refractivity contribution in [2.75, 3.05) is 13.1 Å². The Balaban J connectivity index is 1.21. The number of carbonyl (C=O) groups excluding carboxylic acids is 1. The van der Waals surface area contributed by atoms with E-state index >= 15 is 0 Å². The number of pyridine rings is 1. The summed E-state index contributed by atoms with van der Waals surface area (Å²) in [7, 11) is 0. The van der Waals surface area contributed by atoms with Gasteiger partial charge in [-0.2, -0.15) is 0 Å². The molecule has 2 fully saturated rings. The lowest BCUT2D eigenvalue weighted by atomic mass is 9.56. The van der Waals surface area contributed by atoms with Crippen LogP contribution in [0.2, 0.25) is 0 Å². The van der Waals surface area contributed by atoms with Gasteiger partial charge in [-0.3, -0.25) is 9.78 Å². The number of rotatable bonds is 3. The average molecular weight is 406 g/mol. The van der Waals surface area contributed by atoms with Gasteiger partial charge in [-0.15, -0.1) is 0 Å². The number of benzene rings is 2. The molecule has 1 amide bonds. The lowest BCUT2D eigenvalue weighted by Crippen LogP contribution is -2.48. The minimum atomic E-state index is -0.282. The summed E-state index contributed by atoms with van der Waals surface area (Å²) in [5, 5.41) is 0.921. The van der Waals surface area contributed by atoms with Crippen molar-refractivity contribution < 1.29 is 13.6 Å². The Kier molecular flexibility index (Phi) is 4.76. The number of carbonyl (C=O) groups is 1. The van der Waals surface area contributed by atoms with E-state index in [0.29, 0.717) is 17.8 Å². The van der Waals surface area contributed by atoms with Gasteiger partial charge in [0.15, 0.2) is 0 Å². The highest BCUT2D eigenvalue weighted by Crippen LogP contribution is 2.57. The van der Waals surface area contributed by atoms with E-state index in [0.717, 1.165) is 55.2 Å².